The Bertz CT molecular complexity index is 314. The maximum absolute atomic E-state index is 11.5. The zero-order valence-electron chi connectivity index (χ0n) is 11.6. The average Bonchev–Trinajstić information content (AvgIpc) is 2.32. The normalized spacial score (nSPS) is 12.4. The molecule has 110 valence electrons. The van der Waals surface area contributed by atoms with Gasteiger partial charge in [0.05, 0.1) is 13.2 Å². The van der Waals surface area contributed by atoms with E-state index in [2.05, 4.69) is 15.3 Å². The van der Waals surface area contributed by atoms with Gasteiger partial charge in [0, 0.05) is 23.4 Å². The highest BCUT2D eigenvalue weighted by atomic mass is 35.5. The summed E-state index contributed by atoms with van der Waals surface area (Å²) < 4.78 is 10.0. The molecule has 0 aromatic heterocycles. The van der Waals surface area contributed by atoms with Crippen molar-refractivity contribution in [2.75, 3.05) is 32.2 Å². The number of nitrogens with zero attached hydrogens (tertiary/aromatic N) is 3. The van der Waals surface area contributed by atoms with E-state index in [0.717, 1.165) is 0 Å². The van der Waals surface area contributed by atoms with Gasteiger partial charge in [0.1, 0.15) is 6.61 Å². The molecule has 0 aromatic carbocycles. The first kappa shape index (κ1) is 17.8. The van der Waals surface area contributed by atoms with E-state index in [9.17, 15) is 4.79 Å². The molecule has 1 unspecified atom stereocenters. The summed E-state index contributed by atoms with van der Waals surface area (Å²) in [6, 6.07) is -0.292. The fraction of sp³-hybridized carbons (Fsp3) is 0.909. The summed E-state index contributed by atoms with van der Waals surface area (Å²) in [6.45, 7) is 6.88. The molecule has 0 rings (SSSR count). The molecular weight excluding hydrogens is 272 g/mol. The number of hydrogen-bond donors (Lipinski definition) is 1. The first-order valence-corrected chi connectivity index (χ1v) is 6.53. The quantitative estimate of drug-likeness (QED) is 0.245. The molecular formula is C11H21ClN4O3. The van der Waals surface area contributed by atoms with Crippen LogP contribution in [0.25, 0.3) is 10.4 Å². The van der Waals surface area contributed by atoms with Crippen LogP contribution in [-0.4, -0.2) is 44.4 Å². The van der Waals surface area contributed by atoms with Gasteiger partial charge in [0.2, 0.25) is 0 Å². The minimum absolute atomic E-state index is 0.154. The molecule has 1 atom stereocenters. The van der Waals surface area contributed by atoms with E-state index in [1.54, 1.807) is 0 Å². The predicted molar refractivity (Wildman–Crippen MR) is 73.3 cm³/mol. The smallest absolute Gasteiger partial charge is 0.407 e. The maximum Gasteiger partial charge on any atom is 0.407 e. The number of alkyl halides is 1. The average molecular weight is 293 g/mol. The minimum Gasteiger partial charge on any atom is -0.447 e. The van der Waals surface area contributed by atoms with E-state index < -0.39 is 6.09 Å². The van der Waals surface area contributed by atoms with Crippen molar-refractivity contribution in [1.29, 1.82) is 0 Å². The van der Waals surface area contributed by atoms with E-state index in [-0.39, 0.29) is 24.6 Å². The SMILES string of the molecule is CC(C)(C)C(CN=[N+]=[N-])NC(=O)OCCOCCCl. The van der Waals surface area contributed by atoms with E-state index in [1.165, 1.54) is 0 Å². The van der Waals surface area contributed by atoms with E-state index in [0.29, 0.717) is 19.1 Å². The van der Waals surface area contributed by atoms with Gasteiger partial charge in [0.15, 0.2) is 0 Å². The number of hydrogen-bond acceptors (Lipinski definition) is 4. The van der Waals surface area contributed by atoms with Crippen LogP contribution < -0.4 is 5.32 Å². The zero-order chi connectivity index (χ0) is 14.7. The van der Waals surface area contributed by atoms with Crippen LogP contribution >= 0.6 is 11.6 Å². The van der Waals surface area contributed by atoms with Crippen LogP contribution in [0.2, 0.25) is 0 Å². The number of ether oxygens (including phenoxy) is 2. The summed E-state index contributed by atoms with van der Waals surface area (Å²) in [5, 5.41) is 6.16. The molecule has 0 aliphatic carbocycles. The van der Waals surface area contributed by atoms with Crippen molar-refractivity contribution in [3.63, 3.8) is 0 Å². The number of azide groups is 1. The van der Waals surface area contributed by atoms with Crippen LogP contribution in [0.5, 0.6) is 0 Å². The van der Waals surface area contributed by atoms with Crippen LogP contribution in [-0.2, 0) is 9.47 Å². The van der Waals surface area contributed by atoms with Crippen molar-refractivity contribution in [3.05, 3.63) is 10.4 Å². The first-order valence-electron chi connectivity index (χ1n) is 5.99. The zero-order valence-corrected chi connectivity index (χ0v) is 12.3. The fourth-order valence-corrected chi connectivity index (χ4v) is 1.30. The summed E-state index contributed by atoms with van der Waals surface area (Å²) in [5.74, 6) is 0.407. The molecule has 19 heavy (non-hydrogen) atoms. The summed E-state index contributed by atoms with van der Waals surface area (Å²) >= 11 is 5.43. The maximum atomic E-state index is 11.5. The Morgan fingerprint density at radius 2 is 2.11 bits per heavy atom. The van der Waals surface area contributed by atoms with E-state index >= 15 is 0 Å². The summed E-state index contributed by atoms with van der Waals surface area (Å²) in [6.07, 6.45) is -0.553. The van der Waals surface area contributed by atoms with Crippen LogP contribution in [0.1, 0.15) is 20.8 Å². The minimum atomic E-state index is -0.553. The van der Waals surface area contributed by atoms with Crippen molar-refractivity contribution in [3.8, 4) is 0 Å². The molecule has 0 radical (unpaired) electrons. The lowest BCUT2D eigenvalue weighted by Crippen LogP contribution is -2.46. The Kier molecular flexibility index (Phi) is 9.12. The van der Waals surface area contributed by atoms with E-state index in [1.807, 2.05) is 20.8 Å². The monoisotopic (exact) mass is 292 g/mol. The highest BCUT2D eigenvalue weighted by Gasteiger charge is 2.26. The second kappa shape index (κ2) is 9.72. The van der Waals surface area contributed by atoms with Crippen LogP contribution in [0.15, 0.2) is 5.11 Å². The molecule has 1 N–H and O–H groups in total. The second-order valence-electron chi connectivity index (χ2n) is 4.91. The van der Waals surface area contributed by atoms with Crippen LogP contribution in [0.3, 0.4) is 0 Å². The molecule has 0 spiro atoms. The molecule has 0 saturated heterocycles. The molecule has 7 nitrogen and oxygen atoms in total. The molecule has 0 aliphatic rings. The number of nitrogens with one attached hydrogen (secondary N) is 1. The molecule has 0 saturated carbocycles. The summed E-state index contributed by atoms with van der Waals surface area (Å²) in [5.41, 5.74) is 8.09. The fourth-order valence-electron chi connectivity index (χ4n) is 1.19. The largest absolute Gasteiger partial charge is 0.447 e. The third kappa shape index (κ3) is 9.41. The van der Waals surface area contributed by atoms with Gasteiger partial charge in [-0.1, -0.05) is 25.9 Å². The highest BCUT2D eigenvalue weighted by molar-refractivity contribution is 6.17. The Morgan fingerprint density at radius 3 is 2.63 bits per heavy atom. The lowest BCUT2D eigenvalue weighted by atomic mass is 9.87. The number of halogens is 1. The van der Waals surface area contributed by atoms with Crippen LogP contribution in [0.4, 0.5) is 4.79 Å². The topological polar surface area (TPSA) is 96.3 Å². The van der Waals surface area contributed by atoms with Gasteiger partial charge >= 0.3 is 6.09 Å². The molecule has 0 bridgehead atoms. The highest BCUT2D eigenvalue weighted by Crippen LogP contribution is 2.19. The number of alkyl carbamates (subject to hydrolysis) is 1. The summed E-state index contributed by atoms with van der Waals surface area (Å²) in [7, 11) is 0. The van der Waals surface area contributed by atoms with Crippen molar-refractivity contribution in [2.45, 2.75) is 26.8 Å². The van der Waals surface area contributed by atoms with Gasteiger partial charge in [-0.3, -0.25) is 0 Å². The lowest BCUT2D eigenvalue weighted by Gasteiger charge is -2.29. The Labute approximate surface area is 118 Å². The van der Waals surface area contributed by atoms with Gasteiger partial charge in [-0.25, -0.2) is 4.79 Å². The Morgan fingerprint density at radius 1 is 1.42 bits per heavy atom. The van der Waals surface area contributed by atoms with Gasteiger partial charge in [-0.15, -0.1) is 11.6 Å². The third-order valence-electron chi connectivity index (χ3n) is 2.35. The Balaban J connectivity index is 4.06. The third-order valence-corrected chi connectivity index (χ3v) is 2.50. The second-order valence-corrected chi connectivity index (χ2v) is 5.29. The van der Waals surface area contributed by atoms with Gasteiger partial charge in [0.25, 0.3) is 0 Å². The van der Waals surface area contributed by atoms with Crippen LogP contribution in [0, 0.1) is 5.41 Å². The molecule has 0 aromatic rings. The molecule has 0 fully saturated rings. The Hall–Kier alpha value is -1.17. The van der Waals surface area contributed by atoms with Crippen molar-refractivity contribution < 1.29 is 14.3 Å². The van der Waals surface area contributed by atoms with E-state index in [4.69, 9.17) is 26.6 Å². The van der Waals surface area contributed by atoms with Crippen molar-refractivity contribution in [1.82, 2.24) is 5.32 Å². The standard InChI is InChI=1S/C11H21ClN4O3/c1-11(2,3)9(8-14-16-13)15-10(17)19-7-6-18-5-4-12/h9H,4-8H2,1-3H3,(H,15,17). The van der Waals surface area contributed by atoms with Crippen molar-refractivity contribution >= 4 is 17.7 Å². The molecule has 8 heteroatoms. The number of rotatable bonds is 8. The molecule has 0 heterocycles. The number of carbonyl (C=O) groups excluding carboxylic acids is 1. The number of carbonyl (C=O) groups is 1. The summed E-state index contributed by atoms with van der Waals surface area (Å²) in [4.78, 5) is 14.2. The molecule has 0 aliphatic heterocycles. The van der Waals surface area contributed by atoms with Gasteiger partial charge < -0.3 is 14.8 Å². The number of amides is 1. The first-order chi connectivity index (χ1) is 8.91. The van der Waals surface area contributed by atoms with Gasteiger partial charge in [-0.05, 0) is 10.9 Å². The lowest BCUT2D eigenvalue weighted by molar-refractivity contribution is 0.0755. The van der Waals surface area contributed by atoms with Gasteiger partial charge in [-0.2, -0.15) is 0 Å². The predicted octanol–water partition coefficient (Wildman–Crippen LogP) is 2.69. The van der Waals surface area contributed by atoms with Crippen molar-refractivity contribution in [2.24, 2.45) is 10.5 Å². The molecule has 1 amide bonds.